The average molecular weight is 264 g/mol. The van der Waals surface area contributed by atoms with Crippen molar-refractivity contribution in [2.75, 3.05) is 6.61 Å². The number of thiophene rings is 1. The van der Waals surface area contributed by atoms with E-state index in [1.54, 1.807) is 22.2 Å². The predicted octanol–water partition coefficient (Wildman–Crippen LogP) is 2.34. The van der Waals surface area contributed by atoms with E-state index in [2.05, 4.69) is 4.98 Å². The third kappa shape index (κ3) is 2.20. The van der Waals surface area contributed by atoms with E-state index in [4.69, 9.17) is 4.74 Å². The van der Waals surface area contributed by atoms with Gasteiger partial charge in [-0.25, -0.2) is 4.98 Å². The molecule has 4 nitrogen and oxygen atoms in total. The average Bonchev–Trinajstić information content (AvgIpc) is 2.76. The van der Waals surface area contributed by atoms with Crippen LogP contribution in [0.25, 0.3) is 10.2 Å². The van der Waals surface area contributed by atoms with Crippen molar-refractivity contribution >= 4 is 21.6 Å². The molecule has 5 heteroatoms. The Bertz CT molecular complexity index is 611. The van der Waals surface area contributed by atoms with Crippen LogP contribution in [0.2, 0.25) is 0 Å². The van der Waals surface area contributed by atoms with Gasteiger partial charge >= 0.3 is 0 Å². The van der Waals surface area contributed by atoms with Crippen LogP contribution in [0.15, 0.2) is 17.2 Å². The van der Waals surface area contributed by atoms with E-state index in [-0.39, 0.29) is 11.7 Å². The van der Waals surface area contributed by atoms with Crippen LogP contribution in [-0.4, -0.2) is 22.3 Å². The first kappa shape index (κ1) is 11.9. The summed E-state index contributed by atoms with van der Waals surface area (Å²) in [5, 5.41) is 0.732. The van der Waals surface area contributed by atoms with Gasteiger partial charge in [-0.15, -0.1) is 11.3 Å². The van der Waals surface area contributed by atoms with Crippen LogP contribution in [0.4, 0.5) is 0 Å². The Labute approximate surface area is 109 Å². The molecule has 3 rings (SSSR count). The van der Waals surface area contributed by atoms with E-state index in [0.717, 1.165) is 34.5 Å². The number of hydrogen-bond donors (Lipinski definition) is 0. The van der Waals surface area contributed by atoms with Gasteiger partial charge in [0.25, 0.3) is 5.56 Å². The Kier molecular flexibility index (Phi) is 3.18. The van der Waals surface area contributed by atoms with E-state index in [0.29, 0.717) is 6.54 Å². The molecule has 0 spiro atoms. The number of aromatic nitrogens is 2. The Morgan fingerprint density at radius 3 is 3.22 bits per heavy atom. The zero-order valence-corrected chi connectivity index (χ0v) is 11.2. The van der Waals surface area contributed by atoms with Crippen molar-refractivity contribution in [3.8, 4) is 0 Å². The van der Waals surface area contributed by atoms with Crippen LogP contribution in [0, 0.1) is 6.92 Å². The second-order valence-corrected chi connectivity index (χ2v) is 6.00. The molecule has 0 N–H and O–H groups in total. The Balaban J connectivity index is 1.91. The first-order chi connectivity index (χ1) is 8.74. The number of fused-ring (bicyclic) bond motifs is 1. The van der Waals surface area contributed by atoms with Gasteiger partial charge in [0.2, 0.25) is 0 Å². The maximum atomic E-state index is 12.3. The maximum Gasteiger partial charge on any atom is 0.262 e. The molecule has 3 heterocycles. The van der Waals surface area contributed by atoms with Crippen molar-refractivity contribution in [3.63, 3.8) is 0 Å². The minimum absolute atomic E-state index is 0.0542. The van der Waals surface area contributed by atoms with E-state index < -0.39 is 0 Å². The number of rotatable bonds is 2. The first-order valence-corrected chi connectivity index (χ1v) is 7.13. The molecule has 0 aromatic carbocycles. The SMILES string of the molecule is Cc1cc2c(=O)n(C[C@H]3CCCCO3)cnc2s1. The van der Waals surface area contributed by atoms with Crippen molar-refractivity contribution in [1.82, 2.24) is 9.55 Å². The summed E-state index contributed by atoms with van der Waals surface area (Å²) in [6, 6.07) is 1.92. The van der Waals surface area contributed by atoms with Gasteiger partial charge in [-0.2, -0.15) is 0 Å². The molecule has 96 valence electrons. The molecule has 0 bridgehead atoms. The highest BCUT2D eigenvalue weighted by molar-refractivity contribution is 7.18. The molecule has 1 aliphatic heterocycles. The zero-order chi connectivity index (χ0) is 12.5. The van der Waals surface area contributed by atoms with Crippen molar-refractivity contribution in [1.29, 1.82) is 0 Å². The Morgan fingerprint density at radius 1 is 1.56 bits per heavy atom. The highest BCUT2D eigenvalue weighted by Gasteiger charge is 2.16. The number of hydrogen-bond acceptors (Lipinski definition) is 4. The summed E-state index contributed by atoms with van der Waals surface area (Å²) in [4.78, 5) is 18.6. The van der Waals surface area contributed by atoms with E-state index in [9.17, 15) is 4.79 Å². The molecular weight excluding hydrogens is 248 g/mol. The summed E-state index contributed by atoms with van der Waals surface area (Å²) in [6.07, 6.45) is 5.17. The van der Waals surface area contributed by atoms with Crippen LogP contribution in [0.5, 0.6) is 0 Å². The normalized spacial score (nSPS) is 20.4. The molecule has 0 radical (unpaired) electrons. The summed E-state index contributed by atoms with van der Waals surface area (Å²) >= 11 is 1.57. The van der Waals surface area contributed by atoms with Crippen LogP contribution >= 0.6 is 11.3 Å². The molecule has 2 aromatic heterocycles. The lowest BCUT2D eigenvalue weighted by Crippen LogP contribution is -2.30. The summed E-state index contributed by atoms with van der Waals surface area (Å²) < 4.78 is 7.35. The smallest absolute Gasteiger partial charge is 0.262 e. The lowest BCUT2D eigenvalue weighted by Gasteiger charge is -2.22. The molecule has 0 unspecified atom stereocenters. The fourth-order valence-corrected chi connectivity index (χ4v) is 3.22. The lowest BCUT2D eigenvalue weighted by atomic mass is 10.1. The standard InChI is InChI=1S/C13H16N2O2S/c1-9-6-11-12(18-9)14-8-15(13(11)16)7-10-4-2-3-5-17-10/h6,8,10H,2-5,7H2,1H3/t10-/m1/s1. The summed E-state index contributed by atoms with van der Waals surface area (Å²) in [6.45, 7) is 3.43. The molecule has 1 atom stereocenters. The Morgan fingerprint density at radius 2 is 2.44 bits per heavy atom. The minimum Gasteiger partial charge on any atom is -0.376 e. The topological polar surface area (TPSA) is 44.1 Å². The van der Waals surface area contributed by atoms with Crippen molar-refractivity contribution in [2.45, 2.75) is 38.8 Å². The predicted molar refractivity (Wildman–Crippen MR) is 72.2 cm³/mol. The summed E-state index contributed by atoms with van der Waals surface area (Å²) in [5.41, 5.74) is 0.0542. The second kappa shape index (κ2) is 4.82. The van der Waals surface area contributed by atoms with Crippen LogP contribution in [0.3, 0.4) is 0 Å². The van der Waals surface area contributed by atoms with Gasteiger partial charge in [0.05, 0.1) is 24.4 Å². The summed E-state index contributed by atoms with van der Waals surface area (Å²) in [5.74, 6) is 0. The quantitative estimate of drug-likeness (QED) is 0.836. The molecule has 0 saturated carbocycles. The highest BCUT2D eigenvalue weighted by atomic mass is 32.1. The molecular formula is C13H16N2O2S. The monoisotopic (exact) mass is 264 g/mol. The highest BCUT2D eigenvalue weighted by Crippen LogP contribution is 2.20. The number of aryl methyl sites for hydroxylation is 1. The number of nitrogens with zero attached hydrogens (tertiary/aromatic N) is 2. The van der Waals surface area contributed by atoms with E-state index in [1.807, 2.05) is 13.0 Å². The molecule has 0 aliphatic carbocycles. The Hall–Kier alpha value is -1.20. The third-order valence-corrected chi connectivity index (χ3v) is 4.27. The maximum absolute atomic E-state index is 12.3. The summed E-state index contributed by atoms with van der Waals surface area (Å²) in [7, 11) is 0. The van der Waals surface area contributed by atoms with Crippen molar-refractivity contribution in [2.24, 2.45) is 0 Å². The molecule has 1 fully saturated rings. The molecule has 18 heavy (non-hydrogen) atoms. The fraction of sp³-hybridized carbons (Fsp3) is 0.538. The lowest BCUT2D eigenvalue weighted by molar-refractivity contribution is 0.00536. The molecule has 2 aromatic rings. The largest absolute Gasteiger partial charge is 0.376 e. The fourth-order valence-electron chi connectivity index (χ4n) is 2.38. The van der Waals surface area contributed by atoms with Gasteiger partial charge in [0.1, 0.15) is 4.83 Å². The van der Waals surface area contributed by atoms with Crippen molar-refractivity contribution in [3.05, 3.63) is 27.6 Å². The third-order valence-electron chi connectivity index (χ3n) is 3.32. The van der Waals surface area contributed by atoms with Crippen LogP contribution in [-0.2, 0) is 11.3 Å². The van der Waals surface area contributed by atoms with Gasteiger partial charge in [-0.3, -0.25) is 9.36 Å². The van der Waals surface area contributed by atoms with Crippen molar-refractivity contribution < 1.29 is 4.74 Å². The van der Waals surface area contributed by atoms with Gasteiger partial charge in [-0.1, -0.05) is 0 Å². The van der Waals surface area contributed by atoms with Gasteiger partial charge < -0.3 is 4.74 Å². The molecule has 0 amide bonds. The van der Waals surface area contributed by atoms with E-state index in [1.165, 1.54) is 6.42 Å². The van der Waals surface area contributed by atoms with Crippen LogP contribution in [0.1, 0.15) is 24.1 Å². The molecule has 1 aliphatic rings. The van der Waals surface area contributed by atoms with Gasteiger partial charge in [0.15, 0.2) is 0 Å². The van der Waals surface area contributed by atoms with Crippen LogP contribution < -0.4 is 5.56 Å². The van der Waals surface area contributed by atoms with Gasteiger partial charge in [-0.05, 0) is 32.3 Å². The molecule has 1 saturated heterocycles. The first-order valence-electron chi connectivity index (χ1n) is 6.31. The number of ether oxygens (including phenoxy) is 1. The second-order valence-electron chi connectivity index (χ2n) is 4.77. The zero-order valence-electron chi connectivity index (χ0n) is 10.4. The minimum atomic E-state index is 0.0542. The van der Waals surface area contributed by atoms with Gasteiger partial charge in [0, 0.05) is 11.5 Å². The van der Waals surface area contributed by atoms with E-state index >= 15 is 0 Å².